The Morgan fingerprint density at radius 1 is 1.17 bits per heavy atom. The maximum Gasteiger partial charge on any atom is 0.0745 e. The normalized spacial score (nSPS) is 9.92. The van der Waals surface area contributed by atoms with E-state index in [-0.39, 0.29) is 20.6 Å². The average molecular weight is 224 g/mol. The first-order chi connectivity index (χ1) is 5.54. The Bertz CT molecular complexity index is 336. The highest BCUT2D eigenvalue weighted by molar-refractivity contribution is 6.45. The van der Waals surface area contributed by atoms with Crippen molar-refractivity contribution in [3.8, 4) is 0 Å². The molecule has 0 N–H and O–H groups in total. The monoisotopic (exact) mass is 223 g/mol. The minimum absolute atomic E-state index is 0.0180. The Kier molecular flexibility index (Phi) is 2.83. The third-order valence-electron chi connectivity index (χ3n) is 1.25. The molecule has 0 heterocycles. The Morgan fingerprint density at radius 3 is 2.08 bits per heavy atom. The molecule has 0 unspecified atom stereocenters. The predicted octanol–water partition coefficient (Wildman–Crippen LogP) is 2.01. The van der Waals surface area contributed by atoms with Crippen molar-refractivity contribution in [2.45, 2.75) is 0 Å². The van der Waals surface area contributed by atoms with Crippen molar-refractivity contribution in [3.05, 3.63) is 32.8 Å². The number of halogens is 3. The smallest absolute Gasteiger partial charge is 0.0745 e. The fourth-order valence-corrected chi connectivity index (χ4v) is 1.40. The van der Waals surface area contributed by atoms with Crippen LogP contribution in [0.3, 0.4) is 0 Å². The van der Waals surface area contributed by atoms with E-state index in [1.165, 1.54) is 12.1 Å². The lowest BCUT2D eigenvalue weighted by Gasteiger charge is -2.08. The molecular formula is C7H2Cl3O2-. The van der Waals surface area contributed by atoms with E-state index >= 15 is 0 Å². The van der Waals surface area contributed by atoms with Gasteiger partial charge in [0.2, 0.25) is 0 Å². The Labute approximate surface area is 83.7 Å². The molecule has 0 aliphatic carbocycles. The van der Waals surface area contributed by atoms with E-state index in [9.17, 15) is 9.90 Å². The van der Waals surface area contributed by atoms with Gasteiger partial charge >= 0.3 is 0 Å². The van der Waals surface area contributed by atoms with Crippen LogP contribution in [-0.4, -0.2) is 5.97 Å². The molecule has 1 aromatic carbocycles. The lowest BCUT2D eigenvalue weighted by Crippen LogP contribution is -2.23. The first-order valence-electron chi connectivity index (χ1n) is 2.89. The summed E-state index contributed by atoms with van der Waals surface area (Å²) in [6.45, 7) is 0. The van der Waals surface area contributed by atoms with Crippen LogP contribution in [0.25, 0.3) is 0 Å². The molecule has 0 atom stereocenters. The molecule has 0 aromatic heterocycles. The number of aromatic carboxylic acids is 1. The Balaban J connectivity index is 3.43. The van der Waals surface area contributed by atoms with Gasteiger partial charge in [0.25, 0.3) is 0 Å². The van der Waals surface area contributed by atoms with E-state index in [1.54, 1.807) is 0 Å². The molecule has 0 bridgehead atoms. The molecule has 0 saturated carbocycles. The van der Waals surface area contributed by atoms with E-state index < -0.39 is 5.97 Å². The van der Waals surface area contributed by atoms with Gasteiger partial charge in [0.15, 0.2) is 0 Å². The fourth-order valence-electron chi connectivity index (χ4n) is 0.714. The predicted molar refractivity (Wildman–Crippen MR) is 45.8 cm³/mol. The van der Waals surface area contributed by atoms with Crippen molar-refractivity contribution in [1.29, 1.82) is 0 Å². The highest BCUT2D eigenvalue weighted by Gasteiger charge is 2.09. The summed E-state index contributed by atoms with van der Waals surface area (Å²) in [5, 5.41) is 10.5. The van der Waals surface area contributed by atoms with Crippen LogP contribution in [0.2, 0.25) is 15.1 Å². The van der Waals surface area contributed by atoms with Crippen LogP contribution in [0, 0.1) is 0 Å². The van der Waals surface area contributed by atoms with Gasteiger partial charge in [-0.05, 0) is 12.1 Å². The summed E-state index contributed by atoms with van der Waals surface area (Å²) < 4.78 is 0. The summed E-state index contributed by atoms with van der Waals surface area (Å²) in [6.07, 6.45) is 0. The molecule has 0 radical (unpaired) electrons. The Hall–Kier alpha value is -0.440. The Morgan fingerprint density at radius 2 is 1.67 bits per heavy atom. The van der Waals surface area contributed by atoms with E-state index in [4.69, 9.17) is 34.8 Å². The quantitative estimate of drug-likeness (QED) is 0.685. The molecule has 5 heteroatoms. The molecule has 0 aliphatic rings. The summed E-state index contributed by atoms with van der Waals surface area (Å²) in [4.78, 5) is 10.5. The number of benzene rings is 1. The molecule has 1 aromatic rings. The van der Waals surface area contributed by atoms with Crippen LogP contribution >= 0.6 is 34.8 Å². The van der Waals surface area contributed by atoms with Crippen molar-refractivity contribution >= 4 is 40.8 Å². The van der Waals surface area contributed by atoms with Crippen LogP contribution in [0.4, 0.5) is 0 Å². The van der Waals surface area contributed by atoms with Crippen LogP contribution < -0.4 is 5.11 Å². The number of carboxylic acid groups (broad SMARTS) is 1. The van der Waals surface area contributed by atoms with Crippen molar-refractivity contribution in [2.75, 3.05) is 0 Å². The molecule has 0 fully saturated rings. The zero-order valence-corrected chi connectivity index (χ0v) is 7.87. The molecule has 0 aliphatic heterocycles. The van der Waals surface area contributed by atoms with Crippen molar-refractivity contribution < 1.29 is 9.90 Å². The van der Waals surface area contributed by atoms with Gasteiger partial charge in [0, 0.05) is 5.56 Å². The zero-order chi connectivity index (χ0) is 9.30. The van der Waals surface area contributed by atoms with Crippen LogP contribution in [0.15, 0.2) is 12.1 Å². The van der Waals surface area contributed by atoms with E-state index in [0.717, 1.165) is 0 Å². The number of carbonyl (C=O) groups is 1. The number of hydrogen-bond acceptors (Lipinski definition) is 2. The van der Waals surface area contributed by atoms with Crippen LogP contribution in [-0.2, 0) is 0 Å². The van der Waals surface area contributed by atoms with E-state index in [2.05, 4.69) is 0 Å². The van der Waals surface area contributed by atoms with Gasteiger partial charge in [-0.15, -0.1) is 0 Å². The molecular weight excluding hydrogens is 222 g/mol. The summed E-state index contributed by atoms with van der Waals surface area (Å²) in [7, 11) is 0. The second-order valence-electron chi connectivity index (χ2n) is 2.01. The maximum atomic E-state index is 10.5. The van der Waals surface area contributed by atoms with Crippen molar-refractivity contribution in [1.82, 2.24) is 0 Å². The molecule has 2 nitrogen and oxygen atoms in total. The standard InChI is InChI=1S/C7H3Cl3O2/c8-3-1-2-4(9)6(10)5(3)7(11)12/h1-2H,(H,11,12)/p-1. The SMILES string of the molecule is O=C([O-])c1c(Cl)ccc(Cl)c1Cl. The van der Waals surface area contributed by atoms with E-state index in [0.29, 0.717) is 0 Å². The van der Waals surface area contributed by atoms with Crippen LogP contribution in [0.5, 0.6) is 0 Å². The maximum absolute atomic E-state index is 10.5. The minimum Gasteiger partial charge on any atom is -0.545 e. The van der Waals surface area contributed by atoms with Gasteiger partial charge in [-0.3, -0.25) is 0 Å². The van der Waals surface area contributed by atoms with Gasteiger partial charge in [-0.25, -0.2) is 0 Å². The molecule has 64 valence electrons. The third kappa shape index (κ3) is 1.66. The number of hydrogen-bond donors (Lipinski definition) is 0. The van der Waals surface area contributed by atoms with Crippen LogP contribution in [0.1, 0.15) is 10.4 Å². The topological polar surface area (TPSA) is 40.1 Å². The van der Waals surface area contributed by atoms with Gasteiger partial charge < -0.3 is 9.90 Å². The van der Waals surface area contributed by atoms with Crippen molar-refractivity contribution in [2.24, 2.45) is 0 Å². The summed E-state index contributed by atoms with van der Waals surface area (Å²) in [6, 6.07) is 2.76. The largest absolute Gasteiger partial charge is 0.545 e. The summed E-state index contributed by atoms with van der Waals surface area (Å²) >= 11 is 16.6. The first kappa shape index (κ1) is 9.65. The second kappa shape index (κ2) is 3.52. The molecule has 12 heavy (non-hydrogen) atoms. The average Bonchev–Trinajstić information content (AvgIpc) is 1.97. The van der Waals surface area contributed by atoms with Gasteiger partial charge in [0.1, 0.15) is 0 Å². The number of rotatable bonds is 1. The molecule has 0 spiro atoms. The fraction of sp³-hybridized carbons (Fsp3) is 0. The molecule has 1 rings (SSSR count). The van der Waals surface area contributed by atoms with Gasteiger partial charge in [-0.1, -0.05) is 34.8 Å². The van der Waals surface area contributed by atoms with Crippen molar-refractivity contribution in [3.63, 3.8) is 0 Å². The van der Waals surface area contributed by atoms with Gasteiger partial charge in [-0.2, -0.15) is 0 Å². The lowest BCUT2D eigenvalue weighted by molar-refractivity contribution is -0.255. The summed E-state index contributed by atoms with van der Waals surface area (Å²) in [5.41, 5.74) is -0.272. The molecule has 0 amide bonds. The zero-order valence-electron chi connectivity index (χ0n) is 5.61. The third-order valence-corrected chi connectivity index (χ3v) is 2.37. The van der Waals surface area contributed by atoms with Gasteiger partial charge in [0.05, 0.1) is 21.0 Å². The number of carboxylic acids is 1. The highest BCUT2D eigenvalue weighted by atomic mass is 35.5. The first-order valence-corrected chi connectivity index (χ1v) is 4.02. The second-order valence-corrected chi connectivity index (χ2v) is 3.20. The highest BCUT2D eigenvalue weighted by Crippen LogP contribution is 2.30. The molecule has 0 saturated heterocycles. The lowest BCUT2D eigenvalue weighted by atomic mass is 10.2. The number of carbonyl (C=O) groups excluding carboxylic acids is 1. The summed E-state index contributed by atoms with van der Waals surface area (Å²) in [5.74, 6) is -1.44. The minimum atomic E-state index is -1.44. The van der Waals surface area contributed by atoms with E-state index in [1.807, 2.05) is 0 Å².